The molecule has 0 radical (unpaired) electrons. The van der Waals surface area contributed by atoms with Gasteiger partial charge in [0.25, 0.3) is 5.91 Å². The third kappa shape index (κ3) is 4.39. The molecule has 0 aromatic heterocycles. The molecule has 0 spiro atoms. The first-order valence-corrected chi connectivity index (χ1v) is 7.42. The molecule has 1 saturated carbocycles. The fourth-order valence-corrected chi connectivity index (χ4v) is 2.72. The fraction of sp³-hybridized carbons (Fsp3) is 0.533. The molecule has 0 heterocycles. The molecule has 0 atom stereocenters. The van der Waals surface area contributed by atoms with Gasteiger partial charge in [0.2, 0.25) is 0 Å². The van der Waals surface area contributed by atoms with Crippen molar-refractivity contribution in [2.45, 2.75) is 38.3 Å². The van der Waals surface area contributed by atoms with Crippen LogP contribution in [0.4, 0.5) is 0 Å². The Balaban J connectivity index is 1.82. The molecular weight excluding hydrogens is 276 g/mol. The summed E-state index contributed by atoms with van der Waals surface area (Å²) in [5, 5.41) is 6.57. The summed E-state index contributed by atoms with van der Waals surface area (Å²) in [5.74, 6) is 0.473. The Kier molecular flexibility index (Phi) is 5.68. The molecule has 1 aromatic rings. The van der Waals surface area contributed by atoms with Gasteiger partial charge in [0.1, 0.15) is 5.75 Å². The Labute approximate surface area is 124 Å². The van der Waals surface area contributed by atoms with Crippen LogP contribution in [0.2, 0.25) is 5.02 Å². The molecule has 0 bridgehead atoms. The number of rotatable bonds is 6. The lowest BCUT2D eigenvalue weighted by Crippen LogP contribution is -2.36. The Morgan fingerprint density at radius 1 is 1.40 bits per heavy atom. The van der Waals surface area contributed by atoms with Crippen LogP contribution in [0.1, 0.15) is 31.2 Å². The summed E-state index contributed by atoms with van der Waals surface area (Å²) in [4.78, 5) is 11.8. The summed E-state index contributed by atoms with van der Waals surface area (Å²) in [6.45, 7) is 0.768. The van der Waals surface area contributed by atoms with Crippen LogP contribution in [0, 0.1) is 0 Å². The minimum Gasteiger partial charge on any atom is -0.482 e. The van der Waals surface area contributed by atoms with E-state index >= 15 is 0 Å². The summed E-state index contributed by atoms with van der Waals surface area (Å²) in [7, 11) is 1.88. The minimum absolute atomic E-state index is 0.0155. The van der Waals surface area contributed by atoms with E-state index in [4.69, 9.17) is 16.3 Å². The summed E-state index contributed by atoms with van der Waals surface area (Å²) in [6.07, 6.45) is 4.55. The lowest BCUT2D eigenvalue weighted by Gasteiger charge is -2.13. The summed E-state index contributed by atoms with van der Waals surface area (Å²) in [5.41, 5.74) is 1.08. The molecule has 1 aromatic carbocycles. The molecule has 2 N–H and O–H groups in total. The number of amides is 1. The molecular formula is C15H21ClN2O2. The van der Waals surface area contributed by atoms with E-state index in [2.05, 4.69) is 10.6 Å². The molecule has 1 amide bonds. The number of benzene rings is 1. The highest BCUT2D eigenvalue weighted by atomic mass is 35.5. The number of hydrogen-bond acceptors (Lipinski definition) is 3. The van der Waals surface area contributed by atoms with Crippen LogP contribution < -0.4 is 15.4 Å². The quantitative estimate of drug-likeness (QED) is 0.848. The van der Waals surface area contributed by atoms with Crippen molar-refractivity contribution in [3.63, 3.8) is 0 Å². The average Bonchev–Trinajstić information content (AvgIpc) is 2.91. The average molecular weight is 297 g/mol. The van der Waals surface area contributed by atoms with Crippen molar-refractivity contribution in [1.82, 2.24) is 10.6 Å². The maximum absolute atomic E-state index is 11.8. The molecule has 1 aliphatic rings. The van der Waals surface area contributed by atoms with Gasteiger partial charge in [0, 0.05) is 12.6 Å². The predicted octanol–water partition coefficient (Wildman–Crippen LogP) is 2.50. The van der Waals surface area contributed by atoms with Crippen molar-refractivity contribution >= 4 is 17.5 Å². The van der Waals surface area contributed by atoms with Gasteiger partial charge < -0.3 is 15.4 Å². The fourth-order valence-electron chi connectivity index (χ4n) is 2.46. The van der Waals surface area contributed by atoms with Crippen LogP contribution in [0.25, 0.3) is 0 Å². The Bertz CT molecular complexity index is 459. The summed E-state index contributed by atoms with van der Waals surface area (Å²) < 4.78 is 5.48. The molecule has 0 aliphatic heterocycles. The van der Waals surface area contributed by atoms with Gasteiger partial charge in [-0.15, -0.1) is 0 Å². The van der Waals surface area contributed by atoms with Crippen LogP contribution in [0.3, 0.4) is 0 Å². The van der Waals surface area contributed by atoms with Crippen molar-refractivity contribution in [2.24, 2.45) is 0 Å². The third-order valence-corrected chi connectivity index (χ3v) is 3.75. The number of carbonyl (C=O) groups excluding carboxylic acids is 1. The molecule has 4 nitrogen and oxygen atoms in total. The van der Waals surface area contributed by atoms with Crippen molar-refractivity contribution in [3.05, 3.63) is 28.8 Å². The van der Waals surface area contributed by atoms with Crippen molar-refractivity contribution in [1.29, 1.82) is 0 Å². The van der Waals surface area contributed by atoms with Gasteiger partial charge >= 0.3 is 0 Å². The topological polar surface area (TPSA) is 50.4 Å². The van der Waals surface area contributed by atoms with E-state index in [1.165, 1.54) is 12.8 Å². The molecule has 0 unspecified atom stereocenters. The van der Waals surface area contributed by atoms with Gasteiger partial charge in [0.05, 0.1) is 5.02 Å². The predicted molar refractivity (Wildman–Crippen MR) is 80.1 cm³/mol. The summed E-state index contributed by atoms with van der Waals surface area (Å²) in [6, 6.07) is 5.91. The first-order valence-electron chi connectivity index (χ1n) is 7.04. The van der Waals surface area contributed by atoms with Crippen molar-refractivity contribution < 1.29 is 9.53 Å². The lowest BCUT2D eigenvalue weighted by molar-refractivity contribution is -0.123. The molecule has 110 valence electrons. The third-order valence-electron chi connectivity index (χ3n) is 3.46. The number of nitrogens with one attached hydrogen (secondary N) is 2. The standard InChI is InChI=1S/C15H21ClN2O2/c1-17-9-11-6-7-14(13(16)8-11)20-10-15(19)18-12-4-2-3-5-12/h6-8,12,17H,2-5,9-10H2,1H3,(H,18,19). The van der Waals surface area contributed by atoms with Crippen molar-refractivity contribution in [3.8, 4) is 5.75 Å². The van der Waals surface area contributed by atoms with E-state index in [0.717, 1.165) is 24.9 Å². The van der Waals surface area contributed by atoms with E-state index in [0.29, 0.717) is 16.8 Å². The van der Waals surface area contributed by atoms with E-state index in [1.54, 1.807) is 6.07 Å². The molecule has 5 heteroatoms. The zero-order valence-electron chi connectivity index (χ0n) is 11.7. The molecule has 20 heavy (non-hydrogen) atoms. The van der Waals surface area contributed by atoms with Gasteiger partial charge in [-0.05, 0) is 37.6 Å². The van der Waals surface area contributed by atoms with Gasteiger partial charge in [0.15, 0.2) is 6.61 Å². The monoisotopic (exact) mass is 296 g/mol. The molecule has 1 fully saturated rings. The van der Waals surface area contributed by atoms with Gasteiger partial charge in [-0.1, -0.05) is 30.5 Å². The lowest BCUT2D eigenvalue weighted by atomic mass is 10.2. The zero-order valence-corrected chi connectivity index (χ0v) is 12.5. The van der Waals surface area contributed by atoms with Crippen LogP contribution in [0.15, 0.2) is 18.2 Å². The molecule has 1 aliphatic carbocycles. The number of ether oxygens (including phenoxy) is 1. The second-order valence-electron chi connectivity index (χ2n) is 5.13. The maximum Gasteiger partial charge on any atom is 0.258 e. The maximum atomic E-state index is 11.8. The van der Waals surface area contributed by atoms with Crippen LogP contribution >= 0.6 is 11.6 Å². The second kappa shape index (κ2) is 7.50. The first-order chi connectivity index (χ1) is 9.69. The van der Waals surface area contributed by atoms with Crippen LogP contribution in [-0.2, 0) is 11.3 Å². The highest BCUT2D eigenvalue weighted by Crippen LogP contribution is 2.25. The van der Waals surface area contributed by atoms with Gasteiger partial charge in [-0.2, -0.15) is 0 Å². The SMILES string of the molecule is CNCc1ccc(OCC(=O)NC2CCCC2)c(Cl)c1. The largest absolute Gasteiger partial charge is 0.482 e. The highest BCUT2D eigenvalue weighted by molar-refractivity contribution is 6.32. The zero-order chi connectivity index (χ0) is 14.4. The smallest absolute Gasteiger partial charge is 0.258 e. The van der Waals surface area contributed by atoms with E-state index in [1.807, 2.05) is 19.2 Å². The Hall–Kier alpha value is -1.26. The molecule has 2 rings (SSSR count). The number of carbonyl (C=O) groups is 1. The van der Waals surface area contributed by atoms with Crippen LogP contribution in [-0.4, -0.2) is 25.6 Å². The second-order valence-corrected chi connectivity index (χ2v) is 5.54. The van der Waals surface area contributed by atoms with Crippen LogP contribution in [0.5, 0.6) is 5.75 Å². The van der Waals surface area contributed by atoms with E-state index in [9.17, 15) is 4.79 Å². The highest BCUT2D eigenvalue weighted by Gasteiger charge is 2.17. The first kappa shape index (κ1) is 15.1. The Morgan fingerprint density at radius 3 is 2.80 bits per heavy atom. The number of halogens is 1. The minimum atomic E-state index is -0.0766. The van der Waals surface area contributed by atoms with Crippen molar-refractivity contribution in [2.75, 3.05) is 13.7 Å². The van der Waals surface area contributed by atoms with E-state index < -0.39 is 0 Å². The van der Waals surface area contributed by atoms with Gasteiger partial charge in [-0.25, -0.2) is 0 Å². The molecule has 0 saturated heterocycles. The normalized spacial score (nSPS) is 15.3. The van der Waals surface area contributed by atoms with Gasteiger partial charge in [-0.3, -0.25) is 4.79 Å². The number of hydrogen-bond donors (Lipinski definition) is 2. The Morgan fingerprint density at radius 2 is 2.15 bits per heavy atom. The summed E-state index contributed by atoms with van der Waals surface area (Å²) >= 11 is 6.13. The van der Waals surface area contributed by atoms with E-state index in [-0.39, 0.29) is 12.5 Å².